The number of nitrogens with one attached hydrogen (secondary N) is 1. The molecule has 0 rings (SSSR count). The van der Waals surface area contributed by atoms with Gasteiger partial charge in [-0.05, 0) is 20.3 Å². The zero-order valence-electron chi connectivity index (χ0n) is 10.6. The Labute approximate surface area is 105 Å². The van der Waals surface area contributed by atoms with Crippen LogP contribution in [0.15, 0.2) is 0 Å². The number of carbonyl (C=O) groups is 3. The number of hydrogen-bond donors (Lipinski definition) is 2. The number of carbonyl (C=O) groups excluding carboxylic acids is 2. The van der Waals surface area contributed by atoms with E-state index in [1.54, 1.807) is 13.8 Å². The van der Waals surface area contributed by atoms with Crippen LogP contribution in [-0.4, -0.2) is 48.8 Å². The molecule has 1 atom stereocenters. The second kappa shape index (κ2) is 9.41. The zero-order chi connectivity index (χ0) is 14.0. The van der Waals surface area contributed by atoms with Crippen molar-refractivity contribution in [3.8, 4) is 0 Å². The summed E-state index contributed by atoms with van der Waals surface area (Å²) in [6, 6.07) is -1.11. The Hall–Kier alpha value is -1.63. The van der Waals surface area contributed by atoms with Gasteiger partial charge in [-0.1, -0.05) is 0 Å². The molecule has 0 aliphatic rings. The van der Waals surface area contributed by atoms with E-state index in [1.807, 2.05) is 0 Å². The topological polar surface area (TPSA) is 102 Å². The van der Waals surface area contributed by atoms with Gasteiger partial charge in [0.05, 0.1) is 6.61 Å². The third-order valence-electron chi connectivity index (χ3n) is 2.01. The predicted octanol–water partition coefficient (Wildman–Crippen LogP) is -0.0644. The van der Waals surface area contributed by atoms with Crippen molar-refractivity contribution in [3.05, 3.63) is 0 Å². The number of hydrogen-bond acceptors (Lipinski definition) is 5. The highest BCUT2D eigenvalue weighted by Crippen LogP contribution is 2.00. The second-order valence-corrected chi connectivity index (χ2v) is 3.44. The van der Waals surface area contributed by atoms with E-state index < -0.39 is 23.9 Å². The summed E-state index contributed by atoms with van der Waals surface area (Å²) >= 11 is 0. The molecule has 18 heavy (non-hydrogen) atoms. The van der Waals surface area contributed by atoms with Gasteiger partial charge in [0.1, 0.15) is 12.6 Å². The molecule has 7 heteroatoms. The maximum Gasteiger partial charge on any atom is 0.326 e. The van der Waals surface area contributed by atoms with Crippen LogP contribution in [0.4, 0.5) is 0 Å². The summed E-state index contributed by atoms with van der Waals surface area (Å²) in [6.07, 6.45) is -0.0637. The lowest BCUT2D eigenvalue weighted by Gasteiger charge is -2.13. The third-order valence-corrected chi connectivity index (χ3v) is 2.01. The first-order valence-corrected chi connectivity index (χ1v) is 5.76. The summed E-state index contributed by atoms with van der Waals surface area (Å²) < 4.78 is 9.52. The Morgan fingerprint density at radius 3 is 2.39 bits per heavy atom. The van der Waals surface area contributed by atoms with Crippen molar-refractivity contribution in [2.75, 3.05) is 19.8 Å². The quantitative estimate of drug-likeness (QED) is 0.563. The Morgan fingerprint density at radius 1 is 1.22 bits per heavy atom. The fourth-order valence-electron chi connectivity index (χ4n) is 1.18. The molecular weight excluding hydrogens is 242 g/mol. The normalized spacial score (nSPS) is 11.7. The number of ether oxygens (including phenoxy) is 2. The van der Waals surface area contributed by atoms with Gasteiger partial charge in [-0.3, -0.25) is 9.59 Å². The van der Waals surface area contributed by atoms with Crippen LogP contribution in [0.3, 0.4) is 0 Å². The second-order valence-electron chi connectivity index (χ2n) is 3.44. The number of amides is 1. The average Bonchev–Trinajstić information content (AvgIpc) is 2.31. The molecule has 0 aliphatic heterocycles. The van der Waals surface area contributed by atoms with E-state index in [4.69, 9.17) is 9.84 Å². The molecule has 0 aliphatic carbocycles. The van der Waals surface area contributed by atoms with Gasteiger partial charge in [0.2, 0.25) is 5.91 Å². The molecule has 0 aromatic carbocycles. The van der Waals surface area contributed by atoms with Gasteiger partial charge in [0.15, 0.2) is 0 Å². The molecule has 0 aromatic rings. The lowest BCUT2D eigenvalue weighted by molar-refractivity contribution is -0.145. The molecule has 0 heterocycles. The van der Waals surface area contributed by atoms with Gasteiger partial charge in [-0.15, -0.1) is 0 Å². The minimum atomic E-state index is -1.19. The average molecular weight is 261 g/mol. The van der Waals surface area contributed by atoms with Gasteiger partial charge in [-0.2, -0.15) is 0 Å². The Morgan fingerprint density at radius 2 is 1.89 bits per heavy atom. The Bertz CT molecular complexity index is 291. The summed E-state index contributed by atoms with van der Waals surface area (Å²) in [6.45, 7) is 3.81. The highest BCUT2D eigenvalue weighted by molar-refractivity contribution is 5.84. The monoisotopic (exact) mass is 261 g/mol. The van der Waals surface area contributed by atoms with E-state index in [1.165, 1.54) is 0 Å². The van der Waals surface area contributed by atoms with E-state index in [0.717, 1.165) is 0 Å². The number of esters is 1. The molecule has 0 aromatic heterocycles. The molecule has 1 amide bonds. The van der Waals surface area contributed by atoms with E-state index in [9.17, 15) is 14.4 Å². The van der Waals surface area contributed by atoms with Crippen LogP contribution >= 0.6 is 0 Å². The van der Waals surface area contributed by atoms with Crippen LogP contribution in [0.25, 0.3) is 0 Å². The standard InChI is InChI=1S/C11H19NO6/c1-3-17-7-9(13)12-8(11(15)16)5-6-10(14)18-4-2/h8H,3-7H2,1-2H3,(H,12,13)(H,15,16)/t8-/m0/s1. The number of carboxylic acids is 1. The van der Waals surface area contributed by atoms with Gasteiger partial charge < -0.3 is 19.9 Å². The zero-order valence-corrected chi connectivity index (χ0v) is 10.6. The van der Waals surface area contributed by atoms with Crippen LogP contribution in [0.1, 0.15) is 26.7 Å². The summed E-state index contributed by atoms with van der Waals surface area (Å²) in [7, 11) is 0. The van der Waals surface area contributed by atoms with Crippen LogP contribution in [0.5, 0.6) is 0 Å². The SMILES string of the molecule is CCOCC(=O)N[C@@H](CCC(=O)OCC)C(=O)O. The van der Waals surface area contributed by atoms with Crippen molar-refractivity contribution in [3.63, 3.8) is 0 Å². The number of rotatable bonds is 9. The van der Waals surface area contributed by atoms with E-state index in [-0.39, 0.29) is 26.1 Å². The Balaban J connectivity index is 4.11. The maximum atomic E-state index is 11.3. The molecule has 0 saturated heterocycles. The summed E-state index contributed by atoms with van der Waals surface area (Å²) in [5.74, 6) is -2.19. The molecule has 7 nitrogen and oxygen atoms in total. The lowest BCUT2D eigenvalue weighted by atomic mass is 10.1. The van der Waals surface area contributed by atoms with Crippen molar-refractivity contribution < 1.29 is 29.0 Å². The molecule has 2 N–H and O–H groups in total. The molecular formula is C11H19NO6. The fraction of sp³-hybridized carbons (Fsp3) is 0.727. The van der Waals surface area contributed by atoms with Crippen molar-refractivity contribution in [2.45, 2.75) is 32.7 Å². The van der Waals surface area contributed by atoms with E-state index in [2.05, 4.69) is 10.1 Å². The molecule has 0 radical (unpaired) electrons. The molecule has 0 spiro atoms. The van der Waals surface area contributed by atoms with Gasteiger partial charge in [0, 0.05) is 13.0 Å². The van der Waals surface area contributed by atoms with Crippen LogP contribution in [0, 0.1) is 0 Å². The van der Waals surface area contributed by atoms with Crippen LogP contribution in [0.2, 0.25) is 0 Å². The van der Waals surface area contributed by atoms with Gasteiger partial charge in [-0.25, -0.2) is 4.79 Å². The summed E-state index contributed by atoms with van der Waals surface area (Å²) in [5, 5.41) is 11.2. The third kappa shape index (κ3) is 7.61. The Kier molecular flexibility index (Phi) is 8.55. The van der Waals surface area contributed by atoms with Crippen molar-refractivity contribution in [1.82, 2.24) is 5.32 Å². The van der Waals surface area contributed by atoms with E-state index >= 15 is 0 Å². The number of carboxylic acid groups (broad SMARTS) is 1. The first kappa shape index (κ1) is 16.4. The smallest absolute Gasteiger partial charge is 0.326 e. The van der Waals surface area contributed by atoms with Crippen molar-refractivity contribution >= 4 is 17.8 Å². The molecule has 0 saturated carbocycles. The molecule has 0 unspecified atom stereocenters. The summed E-state index contributed by atoms with van der Waals surface area (Å²) in [5.41, 5.74) is 0. The molecule has 0 fully saturated rings. The largest absolute Gasteiger partial charge is 0.480 e. The first-order valence-electron chi connectivity index (χ1n) is 5.76. The molecule has 0 bridgehead atoms. The van der Waals surface area contributed by atoms with Crippen LogP contribution < -0.4 is 5.32 Å². The highest BCUT2D eigenvalue weighted by Gasteiger charge is 2.21. The minimum Gasteiger partial charge on any atom is -0.480 e. The number of aliphatic carboxylic acids is 1. The minimum absolute atomic E-state index is 0.00791. The fourth-order valence-corrected chi connectivity index (χ4v) is 1.18. The predicted molar refractivity (Wildman–Crippen MR) is 61.9 cm³/mol. The van der Waals surface area contributed by atoms with Crippen LogP contribution in [-0.2, 0) is 23.9 Å². The molecule has 104 valence electrons. The maximum absolute atomic E-state index is 11.3. The lowest BCUT2D eigenvalue weighted by Crippen LogP contribution is -2.42. The van der Waals surface area contributed by atoms with E-state index in [0.29, 0.717) is 6.61 Å². The van der Waals surface area contributed by atoms with Crippen molar-refractivity contribution in [2.24, 2.45) is 0 Å². The van der Waals surface area contributed by atoms with Crippen molar-refractivity contribution in [1.29, 1.82) is 0 Å². The van der Waals surface area contributed by atoms with Gasteiger partial charge in [0.25, 0.3) is 0 Å². The summed E-state index contributed by atoms with van der Waals surface area (Å²) in [4.78, 5) is 33.2. The first-order chi connectivity index (χ1) is 8.51. The highest BCUT2D eigenvalue weighted by atomic mass is 16.5. The van der Waals surface area contributed by atoms with Gasteiger partial charge >= 0.3 is 11.9 Å².